The van der Waals surface area contributed by atoms with Crippen molar-refractivity contribution < 1.29 is 36.0 Å². The molecule has 42 heavy (non-hydrogen) atoms. The van der Waals surface area contributed by atoms with Crippen molar-refractivity contribution >= 4 is 39.0 Å². The van der Waals surface area contributed by atoms with Gasteiger partial charge in [0.15, 0.2) is 5.78 Å². The van der Waals surface area contributed by atoms with Crippen LogP contribution in [0.2, 0.25) is 0 Å². The number of sulfonamides is 1. The number of aryl methyl sites for hydroxylation is 2. The number of alkyl halides is 3. The zero-order chi connectivity index (χ0) is 30.8. The van der Waals surface area contributed by atoms with Crippen molar-refractivity contribution in [3.8, 4) is 0 Å². The highest BCUT2D eigenvalue weighted by atomic mass is 32.2. The summed E-state index contributed by atoms with van der Waals surface area (Å²) in [7, 11) is -4.06. The monoisotopic (exact) mass is 614 g/mol. The molecule has 4 aromatic rings. The Balaban J connectivity index is 1.49. The van der Waals surface area contributed by atoms with Crippen LogP contribution >= 0.6 is 11.3 Å². The molecule has 1 atom stereocenters. The Morgan fingerprint density at radius 1 is 0.762 bits per heavy atom. The van der Waals surface area contributed by atoms with Crippen molar-refractivity contribution in [2.45, 2.75) is 37.9 Å². The van der Waals surface area contributed by atoms with Gasteiger partial charge in [0.05, 0.1) is 22.1 Å². The first-order valence-corrected chi connectivity index (χ1v) is 14.8. The first kappa shape index (κ1) is 30.7. The Kier molecular flexibility index (Phi) is 8.69. The molecule has 1 heterocycles. The largest absolute Gasteiger partial charge is 0.416 e. The zero-order valence-corrected chi connectivity index (χ0v) is 24.2. The molecule has 0 saturated carbocycles. The van der Waals surface area contributed by atoms with Gasteiger partial charge in [0.2, 0.25) is 0 Å². The molecule has 0 aliphatic rings. The third-order valence-corrected chi connectivity index (χ3v) is 8.86. The smallest absolute Gasteiger partial charge is 0.345 e. The van der Waals surface area contributed by atoms with E-state index in [0.29, 0.717) is 15.3 Å². The molecule has 0 aliphatic carbocycles. The summed E-state index contributed by atoms with van der Waals surface area (Å²) in [6.45, 7) is 5.04. The number of halogens is 3. The van der Waals surface area contributed by atoms with Gasteiger partial charge in [0.25, 0.3) is 21.8 Å². The summed E-state index contributed by atoms with van der Waals surface area (Å²) >= 11 is 1.23. The summed E-state index contributed by atoms with van der Waals surface area (Å²) in [5.74, 6) is -1.93. The standard InChI is InChI=1S/C30H25F3N2O5S2/c1-17(20-9-11-22(12-10-20)28(37)35-42(39,40)24-7-5-4-6-8-24)34-29(38)26-19(3)41-18(2)25(26)27(36)21-13-15-23(16-14-21)30(31,32)33/h4-17H,1-3H3,(H,34,38)(H,35,37). The van der Waals surface area contributed by atoms with Gasteiger partial charge in [-0.3, -0.25) is 14.4 Å². The van der Waals surface area contributed by atoms with Crippen molar-refractivity contribution in [2.24, 2.45) is 0 Å². The van der Waals surface area contributed by atoms with E-state index in [-0.39, 0.29) is 27.1 Å². The third kappa shape index (κ3) is 6.60. The molecule has 0 bridgehead atoms. The van der Waals surface area contributed by atoms with Crippen molar-refractivity contribution in [1.29, 1.82) is 0 Å². The summed E-state index contributed by atoms with van der Waals surface area (Å²) in [6, 6.07) is 16.7. The van der Waals surface area contributed by atoms with E-state index in [1.54, 1.807) is 39.0 Å². The van der Waals surface area contributed by atoms with Gasteiger partial charge in [-0.05, 0) is 62.7 Å². The predicted octanol–water partition coefficient (Wildman–Crippen LogP) is 6.22. The number of thiophene rings is 1. The second-order valence-corrected chi connectivity index (χ2v) is 12.5. The number of carbonyl (C=O) groups excluding carboxylic acids is 3. The second-order valence-electron chi connectivity index (χ2n) is 9.43. The van der Waals surface area contributed by atoms with E-state index in [0.717, 1.165) is 24.3 Å². The summed E-state index contributed by atoms with van der Waals surface area (Å²) in [6.07, 6.45) is -4.54. The minimum absolute atomic E-state index is 0.0224. The zero-order valence-electron chi connectivity index (χ0n) is 22.6. The average Bonchev–Trinajstić information content (AvgIpc) is 3.25. The molecule has 2 amide bonds. The molecule has 0 fully saturated rings. The Hall–Kier alpha value is -4.29. The molecular weight excluding hydrogens is 589 g/mol. The Morgan fingerprint density at radius 3 is 1.88 bits per heavy atom. The highest BCUT2D eigenvalue weighted by molar-refractivity contribution is 7.90. The number of nitrogens with one attached hydrogen (secondary N) is 2. The van der Waals surface area contributed by atoms with Crippen LogP contribution in [0.1, 0.15) is 70.5 Å². The number of rotatable bonds is 8. The first-order chi connectivity index (χ1) is 19.7. The van der Waals surface area contributed by atoms with E-state index in [9.17, 15) is 36.0 Å². The van der Waals surface area contributed by atoms with Gasteiger partial charge in [-0.1, -0.05) is 42.5 Å². The van der Waals surface area contributed by atoms with Gasteiger partial charge < -0.3 is 5.32 Å². The van der Waals surface area contributed by atoms with Crippen LogP contribution in [0, 0.1) is 13.8 Å². The fourth-order valence-corrected chi connectivity index (χ4v) is 6.35. The van der Waals surface area contributed by atoms with Crippen LogP contribution in [0.3, 0.4) is 0 Å². The average molecular weight is 615 g/mol. The maximum Gasteiger partial charge on any atom is 0.416 e. The number of hydrogen-bond acceptors (Lipinski definition) is 6. The summed E-state index contributed by atoms with van der Waals surface area (Å²) in [5.41, 5.74) is 0.0843. The van der Waals surface area contributed by atoms with Gasteiger partial charge in [-0.15, -0.1) is 11.3 Å². The van der Waals surface area contributed by atoms with Crippen molar-refractivity contribution in [3.05, 3.63) is 122 Å². The molecule has 0 spiro atoms. The molecule has 7 nitrogen and oxygen atoms in total. The van der Waals surface area contributed by atoms with E-state index >= 15 is 0 Å². The molecule has 1 aromatic heterocycles. The van der Waals surface area contributed by atoms with Crippen molar-refractivity contribution in [2.75, 3.05) is 0 Å². The highest BCUT2D eigenvalue weighted by Crippen LogP contribution is 2.32. The number of carbonyl (C=O) groups is 3. The number of hydrogen-bond donors (Lipinski definition) is 2. The van der Waals surface area contributed by atoms with Crippen LogP contribution in [0.5, 0.6) is 0 Å². The lowest BCUT2D eigenvalue weighted by Crippen LogP contribution is -2.30. The molecule has 12 heteroatoms. The molecule has 0 saturated heterocycles. The highest BCUT2D eigenvalue weighted by Gasteiger charge is 2.31. The van der Waals surface area contributed by atoms with Gasteiger partial charge in [-0.25, -0.2) is 13.1 Å². The minimum atomic E-state index is -4.54. The predicted molar refractivity (Wildman–Crippen MR) is 152 cm³/mol. The van der Waals surface area contributed by atoms with Crippen molar-refractivity contribution in [3.63, 3.8) is 0 Å². The topological polar surface area (TPSA) is 109 Å². The van der Waals surface area contributed by atoms with Gasteiger partial charge in [0, 0.05) is 26.4 Å². The lowest BCUT2D eigenvalue weighted by molar-refractivity contribution is -0.137. The van der Waals surface area contributed by atoms with E-state index < -0.39 is 45.4 Å². The van der Waals surface area contributed by atoms with Gasteiger partial charge in [-0.2, -0.15) is 13.2 Å². The fourth-order valence-electron chi connectivity index (χ4n) is 4.30. The SMILES string of the molecule is Cc1sc(C)c(C(=O)c2ccc(C(F)(F)F)cc2)c1C(=O)NC(C)c1ccc(C(=O)NS(=O)(=O)c2ccccc2)cc1. The molecule has 218 valence electrons. The van der Waals surface area contributed by atoms with Crippen LogP contribution in [0.25, 0.3) is 0 Å². The van der Waals surface area contributed by atoms with E-state index in [1.165, 1.54) is 47.7 Å². The minimum Gasteiger partial charge on any atom is -0.345 e. The third-order valence-electron chi connectivity index (χ3n) is 6.49. The summed E-state index contributed by atoms with van der Waals surface area (Å²) < 4.78 is 65.8. The number of ketones is 1. The lowest BCUT2D eigenvalue weighted by Gasteiger charge is -2.16. The maximum absolute atomic E-state index is 13.3. The van der Waals surface area contributed by atoms with E-state index in [2.05, 4.69) is 5.32 Å². The number of amides is 2. The molecule has 3 aromatic carbocycles. The van der Waals surface area contributed by atoms with Gasteiger partial charge in [0.1, 0.15) is 0 Å². The first-order valence-electron chi connectivity index (χ1n) is 12.5. The fraction of sp³-hybridized carbons (Fsp3) is 0.167. The summed E-state index contributed by atoms with van der Waals surface area (Å²) in [5, 5.41) is 2.82. The van der Waals surface area contributed by atoms with Crippen molar-refractivity contribution in [1.82, 2.24) is 10.0 Å². The molecule has 0 radical (unpaired) electrons. The second kappa shape index (κ2) is 11.9. The van der Waals surface area contributed by atoms with Crippen LogP contribution < -0.4 is 10.0 Å². The Bertz CT molecular complexity index is 1750. The number of benzene rings is 3. The molecular formula is C30H25F3N2O5S2. The van der Waals surface area contributed by atoms with Crippen LogP contribution in [0.15, 0.2) is 83.8 Å². The van der Waals surface area contributed by atoms with E-state index in [4.69, 9.17) is 0 Å². The van der Waals surface area contributed by atoms with Crippen LogP contribution in [-0.4, -0.2) is 26.0 Å². The molecule has 1 unspecified atom stereocenters. The molecule has 0 aliphatic heterocycles. The summed E-state index contributed by atoms with van der Waals surface area (Å²) in [4.78, 5) is 40.2. The van der Waals surface area contributed by atoms with E-state index in [1.807, 2.05) is 4.72 Å². The molecule has 2 N–H and O–H groups in total. The normalized spacial score (nSPS) is 12.4. The Labute approximate surface area is 244 Å². The van der Waals surface area contributed by atoms with Crippen LogP contribution in [-0.2, 0) is 16.2 Å². The molecule has 4 rings (SSSR count). The quantitative estimate of drug-likeness (QED) is 0.229. The maximum atomic E-state index is 13.3. The van der Waals surface area contributed by atoms with Crippen LogP contribution in [0.4, 0.5) is 13.2 Å². The van der Waals surface area contributed by atoms with Gasteiger partial charge >= 0.3 is 6.18 Å². The Morgan fingerprint density at radius 2 is 1.31 bits per heavy atom. The lowest BCUT2D eigenvalue weighted by atomic mass is 9.97.